The Morgan fingerprint density at radius 2 is 2.33 bits per heavy atom. The van der Waals surface area contributed by atoms with Gasteiger partial charge in [0.1, 0.15) is 12.1 Å². The first-order valence-corrected chi connectivity index (χ1v) is 8.26. The summed E-state index contributed by atoms with van der Waals surface area (Å²) in [6, 6.07) is 0. The maximum Gasteiger partial charge on any atom is 0.303 e. The number of thioether (sulfide) groups is 1. The molecule has 128 valence electrons. The molecule has 1 amide bonds. The lowest BCUT2D eigenvalue weighted by molar-refractivity contribution is -0.118. The Bertz CT molecular complexity index is 873. The van der Waals surface area contributed by atoms with E-state index in [4.69, 9.17) is 15.6 Å². The van der Waals surface area contributed by atoms with Gasteiger partial charge in [-0.05, 0) is 6.42 Å². The molecule has 0 aliphatic carbocycles. The number of aliphatic hydroxyl groups excluding tert-OH is 1. The standard InChI is InChI=1S/C13H16N6O4S/c1-2-3-7-11-12(18(16-7)4-8(14)21)13(22)19(17-15-11)9-6-24-10(5-20)23-9/h6,10,20H,2-5H2,1H3,(H2,14,21). The average Bonchev–Trinajstić information content (AvgIpc) is 3.13. The van der Waals surface area contributed by atoms with Crippen LogP contribution in [0.25, 0.3) is 16.9 Å². The van der Waals surface area contributed by atoms with Crippen molar-refractivity contribution in [3.63, 3.8) is 0 Å². The summed E-state index contributed by atoms with van der Waals surface area (Å²) in [6.45, 7) is 1.54. The van der Waals surface area contributed by atoms with E-state index in [9.17, 15) is 9.59 Å². The molecule has 0 saturated heterocycles. The molecular weight excluding hydrogens is 336 g/mol. The molecule has 10 nitrogen and oxygen atoms in total. The van der Waals surface area contributed by atoms with Gasteiger partial charge in [-0.1, -0.05) is 30.3 Å². The first kappa shape index (κ1) is 16.5. The van der Waals surface area contributed by atoms with Crippen LogP contribution in [0.1, 0.15) is 19.0 Å². The van der Waals surface area contributed by atoms with Gasteiger partial charge in [-0.15, -0.1) is 9.78 Å². The van der Waals surface area contributed by atoms with Gasteiger partial charge in [-0.25, -0.2) is 4.68 Å². The van der Waals surface area contributed by atoms with E-state index in [1.807, 2.05) is 6.92 Å². The molecule has 1 atom stereocenters. The number of carbonyl (C=O) groups excluding carboxylic acids is 1. The Hall–Kier alpha value is -2.40. The van der Waals surface area contributed by atoms with Crippen LogP contribution in [0.15, 0.2) is 10.2 Å². The van der Waals surface area contributed by atoms with E-state index >= 15 is 0 Å². The first-order chi connectivity index (χ1) is 11.5. The van der Waals surface area contributed by atoms with Crippen LogP contribution < -0.4 is 11.3 Å². The summed E-state index contributed by atoms with van der Waals surface area (Å²) in [5, 5.41) is 22.9. The smallest absolute Gasteiger partial charge is 0.303 e. The van der Waals surface area contributed by atoms with Crippen LogP contribution in [0, 0.1) is 0 Å². The van der Waals surface area contributed by atoms with Gasteiger partial charge in [0.15, 0.2) is 11.0 Å². The number of ether oxygens (including phenoxy) is 1. The molecule has 0 fully saturated rings. The molecular formula is C13H16N6O4S. The van der Waals surface area contributed by atoms with Crippen molar-refractivity contribution in [3.8, 4) is 0 Å². The number of amides is 1. The minimum atomic E-state index is -0.613. The van der Waals surface area contributed by atoms with Gasteiger partial charge in [0.25, 0.3) is 0 Å². The lowest BCUT2D eigenvalue weighted by Crippen LogP contribution is -2.28. The number of aliphatic hydroxyl groups is 1. The molecule has 0 saturated carbocycles. The highest BCUT2D eigenvalue weighted by Gasteiger charge is 2.24. The second-order valence-electron chi connectivity index (χ2n) is 5.15. The molecule has 0 aromatic carbocycles. The van der Waals surface area contributed by atoms with Crippen molar-refractivity contribution in [1.82, 2.24) is 24.8 Å². The summed E-state index contributed by atoms with van der Waals surface area (Å²) >= 11 is 1.23. The first-order valence-electron chi connectivity index (χ1n) is 7.32. The van der Waals surface area contributed by atoms with E-state index < -0.39 is 16.9 Å². The summed E-state index contributed by atoms with van der Waals surface area (Å²) in [5.74, 6) is -0.445. The molecule has 1 unspecified atom stereocenters. The van der Waals surface area contributed by atoms with Crippen LogP contribution in [0.2, 0.25) is 0 Å². The third-order valence-corrected chi connectivity index (χ3v) is 4.24. The van der Waals surface area contributed by atoms with Crippen molar-refractivity contribution >= 4 is 34.6 Å². The molecule has 3 heterocycles. The number of hydrogen-bond acceptors (Lipinski definition) is 8. The molecule has 1 aliphatic heterocycles. The summed E-state index contributed by atoms with van der Waals surface area (Å²) in [7, 11) is 0. The zero-order chi connectivity index (χ0) is 17.3. The van der Waals surface area contributed by atoms with Gasteiger partial charge in [-0.3, -0.25) is 9.59 Å². The van der Waals surface area contributed by atoms with Gasteiger partial charge < -0.3 is 15.6 Å². The van der Waals surface area contributed by atoms with Crippen LogP contribution in [0.4, 0.5) is 0 Å². The lowest BCUT2D eigenvalue weighted by atomic mass is 10.2. The van der Waals surface area contributed by atoms with Crippen molar-refractivity contribution in [1.29, 1.82) is 0 Å². The van der Waals surface area contributed by atoms with Gasteiger partial charge >= 0.3 is 5.56 Å². The third kappa shape index (κ3) is 2.87. The van der Waals surface area contributed by atoms with Gasteiger partial charge in [0.05, 0.1) is 12.3 Å². The second-order valence-corrected chi connectivity index (χ2v) is 6.18. The quantitative estimate of drug-likeness (QED) is 0.693. The van der Waals surface area contributed by atoms with E-state index in [1.165, 1.54) is 16.4 Å². The topological polar surface area (TPSA) is 138 Å². The minimum absolute atomic E-state index is 0.147. The summed E-state index contributed by atoms with van der Waals surface area (Å²) in [6.07, 6.45) is 1.40. The lowest BCUT2D eigenvalue weighted by Gasteiger charge is -2.09. The summed E-state index contributed by atoms with van der Waals surface area (Å²) < 4.78 is 7.65. The van der Waals surface area contributed by atoms with Crippen molar-refractivity contribution in [2.24, 2.45) is 5.73 Å². The number of nitrogens with zero attached hydrogens (tertiary/aromatic N) is 5. The molecule has 0 bridgehead atoms. The largest absolute Gasteiger partial charge is 0.460 e. The van der Waals surface area contributed by atoms with Crippen molar-refractivity contribution in [3.05, 3.63) is 21.5 Å². The number of rotatable bonds is 6. The van der Waals surface area contributed by atoms with E-state index in [0.717, 1.165) is 11.1 Å². The van der Waals surface area contributed by atoms with Crippen LogP contribution >= 0.6 is 11.8 Å². The van der Waals surface area contributed by atoms with Gasteiger partial charge in [0.2, 0.25) is 11.8 Å². The molecule has 0 radical (unpaired) electrons. The van der Waals surface area contributed by atoms with Crippen LogP contribution in [-0.4, -0.2) is 47.8 Å². The maximum atomic E-state index is 12.8. The number of carbonyl (C=O) groups is 1. The van der Waals surface area contributed by atoms with E-state index in [-0.39, 0.29) is 24.6 Å². The summed E-state index contributed by atoms with van der Waals surface area (Å²) in [4.78, 5) is 24.0. The highest BCUT2D eigenvalue weighted by molar-refractivity contribution is 8.03. The fraction of sp³-hybridized carbons (Fsp3) is 0.462. The molecule has 0 spiro atoms. The van der Waals surface area contributed by atoms with Crippen molar-refractivity contribution < 1.29 is 14.6 Å². The Labute approximate surface area is 140 Å². The van der Waals surface area contributed by atoms with Gasteiger partial charge in [-0.2, -0.15) is 5.10 Å². The Morgan fingerprint density at radius 1 is 1.54 bits per heavy atom. The number of primary amides is 1. The number of hydrogen-bond donors (Lipinski definition) is 2. The Balaban J connectivity index is 2.13. The van der Waals surface area contributed by atoms with E-state index in [1.54, 1.807) is 5.41 Å². The molecule has 1 aliphatic rings. The normalized spacial score (nSPS) is 17.1. The molecule has 3 N–H and O–H groups in total. The van der Waals surface area contributed by atoms with Crippen LogP contribution in [-0.2, 0) is 22.5 Å². The minimum Gasteiger partial charge on any atom is -0.460 e. The molecule has 2 aromatic heterocycles. The third-order valence-electron chi connectivity index (χ3n) is 3.35. The second kappa shape index (κ2) is 6.61. The fourth-order valence-corrected chi connectivity index (χ4v) is 3.03. The zero-order valence-corrected chi connectivity index (χ0v) is 13.7. The zero-order valence-electron chi connectivity index (χ0n) is 12.9. The van der Waals surface area contributed by atoms with Gasteiger partial charge in [0, 0.05) is 5.41 Å². The molecule has 2 aromatic rings. The summed E-state index contributed by atoms with van der Waals surface area (Å²) in [5.41, 5.74) is 5.32. The van der Waals surface area contributed by atoms with Crippen LogP contribution in [0.3, 0.4) is 0 Å². The predicted octanol–water partition coefficient (Wildman–Crippen LogP) is -0.737. The fourth-order valence-electron chi connectivity index (χ4n) is 2.36. The Kier molecular flexibility index (Phi) is 4.53. The highest BCUT2D eigenvalue weighted by atomic mass is 32.2. The van der Waals surface area contributed by atoms with Crippen LogP contribution in [0.5, 0.6) is 0 Å². The number of nitrogens with two attached hydrogens (primary N) is 1. The predicted molar refractivity (Wildman–Crippen MR) is 86.6 cm³/mol. The average molecular weight is 352 g/mol. The number of aromatic nitrogens is 5. The molecule has 24 heavy (non-hydrogen) atoms. The van der Waals surface area contributed by atoms with Crippen molar-refractivity contribution in [2.75, 3.05) is 6.61 Å². The highest BCUT2D eigenvalue weighted by Crippen LogP contribution is 2.28. The van der Waals surface area contributed by atoms with E-state index in [0.29, 0.717) is 17.6 Å². The van der Waals surface area contributed by atoms with Crippen molar-refractivity contribution in [2.45, 2.75) is 31.7 Å². The molecule has 11 heteroatoms. The SMILES string of the molecule is CCCc1nn(CC(N)=O)c2c(=O)n(C3=CSC(CO)O3)nnc12. The number of fused-ring (bicyclic) bond motifs is 1. The maximum absolute atomic E-state index is 12.8. The van der Waals surface area contributed by atoms with E-state index in [2.05, 4.69) is 15.4 Å². The Morgan fingerprint density at radius 3 is 2.96 bits per heavy atom. The number of aryl methyl sites for hydroxylation is 1. The molecule has 3 rings (SSSR count). The monoisotopic (exact) mass is 352 g/mol.